The summed E-state index contributed by atoms with van der Waals surface area (Å²) in [5.41, 5.74) is 0.0543. The summed E-state index contributed by atoms with van der Waals surface area (Å²) in [7, 11) is 0. The molecule has 2 aliphatic carbocycles. The number of hydrogen-bond acceptors (Lipinski definition) is 3. The van der Waals surface area contributed by atoms with Crippen molar-refractivity contribution < 1.29 is 4.74 Å². The molecule has 0 aromatic heterocycles. The van der Waals surface area contributed by atoms with Gasteiger partial charge in [0.15, 0.2) is 5.41 Å². The third-order valence-electron chi connectivity index (χ3n) is 5.29. The number of benzene rings is 1. The lowest BCUT2D eigenvalue weighted by Gasteiger charge is -2.59. The zero-order valence-corrected chi connectivity index (χ0v) is 13.5. The van der Waals surface area contributed by atoms with Gasteiger partial charge in [0, 0.05) is 11.3 Å². The van der Waals surface area contributed by atoms with Crippen molar-refractivity contribution in [1.29, 1.82) is 10.5 Å². The highest BCUT2D eigenvalue weighted by molar-refractivity contribution is 5.38. The van der Waals surface area contributed by atoms with Gasteiger partial charge < -0.3 is 4.74 Å². The number of nitrogens with zero attached hydrogens (tertiary/aromatic N) is 2. The van der Waals surface area contributed by atoms with Crippen molar-refractivity contribution in [3.8, 4) is 12.1 Å². The van der Waals surface area contributed by atoms with Gasteiger partial charge in [-0.15, -0.1) is 0 Å². The van der Waals surface area contributed by atoms with Crippen LogP contribution in [0.5, 0.6) is 0 Å². The first kappa shape index (κ1) is 15.1. The van der Waals surface area contributed by atoms with Crippen molar-refractivity contribution in [2.45, 2.75) is 46.3 Å². The van der Waals surface area contributed by atoms with E-state index in [1.54, 1.807) is 0 Å². The standard InChI is InChI=1S/C19H22N2O/c1-17(2,3)15-18(9-10-18)16(19(15,12-20)13-21)22-11-14-7-5-4-6-8-14/h4-8,15-16H,9-11H2,1-3H3/t15-,16-/m1/s1. The molecule has 2 atom stereocenters. The van der Waals surface area contributed by atoms with E-state index >= 15 is 0 Å². The minimum atomic E-state index is -1.01. The molecule has 0 saturated heterocycles. The predicted octanol–water partition coefficient (Wildman–Crippen LogP) is 4.06. The second-order valence-electron chi connectivity index (χ2n) is 7.80. The Kier molecular flexibility index (Phi) is 3.31. The molecule has 0 aliphatic heterocycles. The van der Waals surface area contributed by atoms with Crippen LogP contribution in [0.2, 0.25) is 0 Å². The Morgan fingerprint density at radius 3 is 2.18 bits per heavy atom. The highest BCUT2D eigenvalue weighted by atomic mass is 16.5. The van der Waals surface area contributed by atoms with Crippen molar-refractivity contribution in [2.75, 3.05) is 0 Å². The lowest BCUT2D eigenvalue weighted by molar-refractivity contribution is -0.207. The molecule has 1 spiro atoms. The van der Waals surface area contributed by atoms with E-state index in [2.05, 4.69) is 32.9 Å². The van der Waals surface area contributed by atoms with E-state index in [9.17, 15) is 10.5 Å². The lowest BCUT2D eigenvalue weighted by atomic mass is 9.43. The maximum Gasteiger partial charge on any atom is 0.174 e. The molecule has 0 heterocycles. The second kappa shape index (κ2) is 4.83. The molecule has 0 unspecified atom stereocenters. The smallest absolute Gasteiger partial charge is 0.174 e. The van der Waals surface area contributed by atoms with Crippen LogP contribution in [-0.2, 0) is 11.3 Å². The molecule has 1 aromatic rings. The zero-order valence-electron chi connectivity index (χ0n) is 13.5. The van der Waals surface area contributed by atoms with Gasteiger partial charge >= 0.3 is 0 Å². The third-order valence-corrected chi connectivity index (χ3v) is 5.29. The Morgan fingerprint density at radius 2 is 1.73 bits per heavy atom. The molecular formula is C19H22N2O. The van der Waals surface area contributed by atoms with Crippen LogP contribution in [0.15, 0.2) is 30.3 Å². The topological polar surface area (TPSA) is 56.8 Å². The van der Waals surface area contributed by atoms with Crippen molar-refractivity contribution in [3.63, 3.8) is 0 Å². The van der Waals surface area contributed by atoms with Crippen LogP contribution in [-0.4, -0.2) is 6.10 Å². The van der Waals surface area contributed by atoms with E-state index in [4.69, 9.17) is 4.74 Å². The summed E-state index contributed by atoms with van der Waals surface area (Å²) in [6.45, 7) is 6.87. The summed E-state index contributed by atoms with van der Waals surface area (Å²) in [6, 6.07) is 14.6. The number of hydrogen-bond donors (Lipinski definition) is 0. The zero-order chi connectivity index (χ0) is 16.0. The molecule has 0 N–H and O–H groups in total. The molecule has 0 amide bonds. The number of nitriles is 2. The second-order valence-corrected chi connectivity index (χ2v) is 7.80. The van der Waals surface area contributed by atoms with Gasteiger partial charge in [0.2, 0.25) is 0 Å². The Labute approximate surface area is 132 Å². The molecule has 1 aromatic carbocycles. The van der Waals surface area contributed by atoms with E-state index in [1.807, 2.05) is 30.3 Å². The monoisotopic (exact) mass is 294 g/mol. The Bertz CT molecular complexity index is 627. The largest absolute Gasteiger partial charge is 0.370 e. The van der Waals surface area contributed by atoms with E-state index in [-0.39, 0.29) is 22.9 Å². The van der Waals surface area contributed by atoms with Crippen LogP contribution in [0.1, 0.15) is 39.2 Å². The average Bonchev–Trinajstić information content (AvgIpc) is 3.26. The van der Waals surface area contributed by atoms with Gasteiger partial charge in [-0.05, 0) is 23.8 Å². The molecule has 3 rings (SSSR count). The fraction of sp³-hybridized carbons (Fsp3) is 0.579. The quantitative estimate of drug-likeness (QED) is 0.844. The molecule has 2 saturated carbocycles. The normalized spacial score (nSPS) is 27.5. The Hall–Kier alpha value is -1.84. The van der Waals surface area contributed by atoms with Crippen LogP contribution in [0.4, 0.5) is 0 Å². The molecule has 114 valence electrons. The molecule has 3 nitrogen and oxygen atoms in total. The van der Waals surface area contributed by atoms with Gasteiger partial charge in [0.05, 0.1) is 24.8 Å². The van der Waals surface area contributed by atoms with Crippen LogP contribution >= 0.6 is 0 Å². The summed E-state index contributed by atoms with van der Waals surface area (Å²) in [5.74, 6) is 0.0864. The summed E-state index contributed by atoms with van der Waals surface area (Å²) >= 11 is 0. The van der Waals surface area contributed by atoms with E-state index in [0.29, 0.717) is 6.61 Å². The molecule has 2 fully saturated rings. The SMILES string of the molecule is CC(C)(C)[C@H]1C(C#N)(C#N)[C@H](OCc2ccccc2)C12CC2. The van der Waals surface area contributed by atoms with Crippen LogP contribution in [0.3, 0.4) is 0 Å². The minimum absolute atomic E-state index is 0.0402. The van der Waals surface area contributed by atoms with Crippen molar-refractivity contribution in [3.05, 3.63) is 35.9 Å². The molecule has 22 heavy (non-hydrogen) atoms. The molecule has 0 bridgehead atoms. The first-order chi connectivity index (χ1) is 10.4. The third kappa shape index (κ3) is 1.97. The van der Waals surface area contributed by atoms with E-state index in [1.165, 1.54) is 0 Å². The van der Waals surface area contributed by atoms with Gasteiger partial charge in [-0.2, -0.15) is 10.5 Å². The summed E-state index contributed by atoms with van der Waals surface area (Å²) in [6.07, 6.45) is 1.87. The van der Waals surface area contributed by atoms with Crippen LogP contribution in [0.25, 0.3) is 0 Å². The lowest BCUT2D eigenvalue weighted by Crippen LogP contribution is -2.66. The van der Waals surface area contributed by atoms with Gasteiger partial charge in [-0.3, -0.25) is 0 Å². The Morgan fingerprint density at radius 1 is 1.14 bits per heavy atom. The number of rotatable bonds is 3. The van der Waals surface area contributed by atoms with Crippen LogP contribution < -0.4 is 0 Å². The summed E-state index contributed by atoms with van der Waals surface area (Å²) in [4.78, 5) is 0. The maximum absolute atomic E-state index is 9.75. The molecular weight excluding hydrogens is 272 g/mol. The van der Waals surface area contributed by atoms with Gasteiger partial charge in [0.25, 0.3) is 0 Å². The van der Waals surface area contributed by atoms with Crippen molar-refractivity contribution in [2.24, 2.45) is 22.2 Å². The minimum Gasteiger partial charge on any atom is -0.370 e. The summed E-state index contributed by atoms with van der Waals surface area (Å²) in [5, 5.41) is 19.5. The van der Waals surface area contributed by atoms with Crippen LogP contribution in [0, 0.1) is 44.8 Å². The van der Waals surface area contributed by atoms with Crippen molar-refractivity contribution >= 4 is 0 Å². The highest BCUT2D eigenvalue weighted by Crippen LogP contribution is 2.76. The first-order valence-electron chi connectivity index (χ1n) is 7.89. The average molecular weight is 294 g/mol. The Balaban J connectivity index is 1.85. The molecule has 2 aliphatic rings. The molecule has 0 radical (unpaired) electrons. The van der Waals surface area contributed by atoms with Crippen molar-refractivity contribution in [1.82, 2.24) is 0 Å². The first-order valence-corrected chi connectivity index (χ1v) is 7.89. The number of ether oxygens (including phenoxy) is 1. The van der Waals surface area contributed by atoms with Gasteiger partial charge in [-0.1, -0.05) is 51.1 Å². The van der Waals surface area contributed by atoms with Gasteiger partial charge in [-0.25, -0.2) is 0 Å². The fourth-order valence-electron chi connectivity index (χ4n) is 4.68. The van der Waals surface area contributed by atoms with E-state index in [0.717, 1.165) is 18.4 Å². The maximum atomic E-state index is 9.75. The van der Waals surface area contributed by atoms with E-state index < -0.39 is 5.41 Å². The highest BCUT2D eigenvalue weighted by Gasteiger charge is 2.80. The van der Waals surface area contributed by atoms with Gasteiger partial charge in [0.1, 0.15) is 0 Å². The molecule has 3 heteroatoms. The predicted molar refractivity (Wildman–Crippen MR) is 83.3 cm³/mol. The summed E-state index contributed by atoms with van der Waals surface area (Å²) < 4.78 is 6.12. The fourth-order valence-corrected chi connectivity index (χ4v) is 4.68.